The highest BCUT2D eigenvalue weighted by atomic mass is 127. The van der Waals surface area contributed by atoms with Crippen molar-refractivity contribution in [3.05, 3.63) is 0 Å². The van der Waals surface area contributed by atoms with Crippen LogP contribution in [0.5, 0.6) is 0 Å². The van der Waals surface area contributed by atoms with Gasteiger partial charge in [-0.3, -0.25) is 9.89 Å². The van der Waals surface area contributed by atoms with E-state index < -0.39 is 0 Å². The fourth-order valence-electron chi connectivity index (χ4n) is 2.06. The number of halogens is 1. The van der Waals surface area contributed by atoms with Gasteiger partial charge in [-0.15, -0.1) is 24.0 Å². The van der Waals surface area contributed by atoms with Crippen LogP contribution in [0.1, 0.15) is 34.6 Å². The van der Waals surface area contributed by atoms with Gasteiger partial charge in [-0.1, -0.05) is 13.8 Å². The molecule has 1 rings (SSSR count). The maximum atomic E-state index is 5.39. The second-order valence-electron chi connectivity index (χ2n) is 5.89. The Balaban J connectivity index is 0.00000400. The van der Waals surface area contributed by atoms with Crippen LogP contribution in [0.3, 0.4) is 0 Å². The summed E-state index contributed by atoms with van der Waals surface area (Å²) >= 11 is 0. The molecule has 21 heavy (non-hydrogen) atoms. The molecule has 0 amide bonds. The molecule has 2 N–H and O–H groups in total. The molecule has 0 radical (unpaired) electrons. The number of hydrogen-bond donors (Lipinski definition) is 2. The minimum Gasteiger partial charge on any atom is -0.379 e. The van der Waals surface area contributed by atoms with Crippen molar-refractivity contribution in [3.63, 3.8) is 0 Å². The van der Waals surface area contributed by atoms with Gasteiger partial charge in [0, 0.05) is 31.7 Å². The monoisotopic (exact) mass is 412 g/mol. The van der Waals surface area contributed by atoms with Crippen molar-refractivity contribution < 1.29 is 4.74 Å². The first-order chi connectivity index (χ1) is 9.54. The van der Waals surface area contributed by atoms with E-state index in [0.29, 0.717) is 18.0 Å². The molecule has 2 atom stereocenters. The highest BCUT2D eigenvalue weighted by molar-refractivity contribution is 14.0. The Labute approximate surface area is 147 Å². The maximum Gasteiger partial charge on any atom is 0.191 e. The lowest BCUT2D eigenvalue weighted by atomic mass is 10.1. The largest absolute Gasteiger partial charge is 0.379 e. The Bertz CT molecular complexity index is 293. The highest BCUT2D eigenvalue weighted by Crippen LogP contribution is 2.04. The molecule has 0 aromatic heterocycles. The summed E-state index contributed by atoms with van der Waals surface area (Å²) in [5.41, 5.74) is 0. The van der Waals surface area contributed by atoms with Crippen LogP contribution >= 0.6 is 24.0 Å². The zero-order valence-corrected chi connectivity index (χ0v) is 16.5. The predicted molar refractivity (Wildman–Crippen MR) is 101 cm³/mol. The zero-order valence-electron chi connectivity index (χ0n) is 14.2. The molecule has 2 unspecified atom stereocenters. The van der Waals surface area contributed by atoms with Gasteiger partial charge in [0.15, 0.2) is 5.96 Å². The molecule has 126 valence electrons. The summed E-state index contributed by atoms with van der Waals surface area (Å²) in [6.07, 6.45) is 0. The maximum absolute atomic E-state index is 5.39. The van der Waals surface area contributed by atoms with Crippen molar-refractivity contribution in [2.24, 2.45) is 10.9 Å². The summed E-state index contributed by atoms with van der Waals surface area (Å²) in [6.45, 7) is 16.4. The lowest BCUT2D eigenvalue weighted by molar-refractivity contribution is 0.0220. The first-order valence-electron chi connectivity index (χ1n) is 7.91. The van der Waals surface area contributed by atoms with Gasteiger partial charge in [-0.2, -0.15) is 0 Å². The number of nitrogens with zero attached hydrogens (tertiary/aromatic N) is 2. The van der Waals surface area contributed by atoms with Gasteiger partial charge in [0.1, 0.15) is 0 Å². The van der Waals surface area contributed by atoms with Crippen molar-refractivity contribution in [2.45, 2.75) is 46.7 Å². The van der Waals surface area contributed by atoms with E-state index in [1.54, 1.807) is 0 Å². The van der Waals surface area contributed by atoms with Crippen LogP contribution in [0.4, 0.5) is 0 Å². The van der Waals surface area contributed by atoms with E-state index in [-0.39, 0.29) is 24.0 Å². The quantitative estimate of drug-likeness (QED) is 0.398. The van der Waals surface area contributed by atoms with Gasteiger partial charge in [0.25, 0.3) is 0 Å². The summed E-state index contributed by atoms with van der Waals surface area (Å²) in [6, 6.07) is 0.884. The van der Waals surface area contributed by atoms with Crippen LogP contribution in [-0.4, -0.2) is 62.3 Å². The van der Waals surface area contributed by atoms with Gasteiger partial charge in [0.2, 0.25) is 0 Å². The second kappa shape index (κ2) is 11.5. The second-order valence-corrected chi connectivity index (χ2v) is 5.89. The lowest BCUT2D eigenvalue weighted by Gasteiger charge is -2.31. The smallest absolute Gasteiger partial charge is 0.191 e. The molecular formula is C15H33IN4O. The van der Waals surface area contributed by atoms with Crippen LogP contribution in [0.15, 0.2) is 4.99 Å². The molecule has 1 heterocycles. The van der Waals surface area contributed by atoms with Crippen molar-refractivity contribution in [3.8, 4) is 0 Å². The third kappa shape index (κ3) is 8.21. The predicted octanol–water partition coefficient (Wildman–Crippen LogP) is 1.92. The Morgan fingerprint density at radius 1 is 1.19 bits per heavy atom. The van der Waals surface area contributed by atoms with Crippen LogP contribution in [-0.2, 0) is 4.74 Å². The minimum absolute atomic E-state index is 0. The Kier molecular flexibility index (Phi) is 11.4. The molecule has 1 aliphatic heterocycles. The molecule has 0 aliphatic carbocycles. The van der Waals surface area contributed by atoms with E-state index in [9.17, 15) is 0 Å². The van der Waals surface area contributed by atoms with Gasteiger partial charge >= 0.3 is 0 Å². The van der Waals surface area contributed by atoms with E-state index in [1.165, 1.54) is 0 Å². The molecule has 5 nitrogen and oxygen atoms in total. The number of morpholine rings is 1. The van der Waals surface area contributed by atoms with E-state index in [1.807, 2.05) is 0 Å². The average Bonchev–Trinajstić information content (AvgIpc) is 2.45. The minimum atomic E-state index is 0. The molecule has 0 aromatic rings. The van der Waals surface area contributed by atoms with Crippen LogP contribution in [0, 0.1) is 5.92 Å². The molecule has 0 saturated carbocycles. The fraction of sp³-hybridized carbons (Fsp3) is 0.933. The number of hydrogen-bond acceptors (Lipinski definition) is 3. The zero-order chi connectivity index (χ0) is 15.0. The molecule has 0 spiro atoms. The molecule has 1 aliphatic rings. The van der Waals surface area contributed by atoms with E-state index in [2.05, 4.69) is 50.2 Å². The summed E-state index contributed by atoms with van der Waals surface area (Å²) in [7, 11) is 0. The van der Waals surface area contributed by atoms with Crippen molar-refractivity contribution in [2.75, 3.05) is 39.4 Å². The topological polar surface area (TPSA) is 48.9 Å². The summed E-state index contributed by atoms with van der Waals surface area (Å²) < 4.78 is 5.39. The highest BCUT2D eigenvalue weighted by Gasteiger charge is 2.17. The Morgan fingerprint density at radius 3 is 2.33 bits per heavy atom. The van der Waals surface area contributed by atoms with Crippen LogP contribution in [0.2, 0.25) is 0 Å². The van der Waals surface area contributed by atoms with Crippen molar-refractivity contribution in [1.29, 1.82) is 0 Å². The first-order valence-corrected chi connectivity index (χ1v) is 7.91. The number of rotatable bonds is 6. The molecule has 6 heteroatoms. The average molecular weight is 412 g/mol. The molecule has 1 saturated heterocycles. The van der Waals surface area contributed by atoms with Gasteiger partial charge in [0.05, 0.1) is 19.8 Å². The Morgan fingerprint density at radius 2 is 1.81 bits per heavy atom. The number of ether oxygens (including phenoxy) is 1. The number of aliphatic imine (C=N–C) groups is 1. The normalized spacial score (nSPS) is 19.8. The standard InChI is InChI=1S/C15H32N4O.HI/c1-6-16-15(18-14(5)12(2)3)17-11-13(4)19-7-9-20-10-8-19;/h12-14H,6-11H2,1-5H3,(H2,16,17,18);1H. The van der Waals surface area contributed by atoms with Crippen molar-refractivity contribution in [1.82, 2.24) is 15.5 Å². The van der Waals surface area contributed by atoms with Gasteiger partial charge in [-0.25, -0.2) is 0 Å². The van der Waals surface area contributed by atoms with Crippen LogP contribution < -0.4 is 10.6 Å². The van der Waals surface area contributed by atoms with Gasteiger partial charge < -0.3 is 15.4 Å². The van der Waals surface area contributed by atoms with Crippen LogP contribution in [0.25, 0.3) is 0 Å². The molecule has 0 bridgehead atoms. The third-order valence-electron chi connectivity index (χ3n) is 3.89. The molecule has 1 fully saturated rings. The van der Waals surface area contributed by atoms with Gasteiger partial charge in [-0.05, 0) is 26.7 Å². The van der Waals surface area contributed by atoms with E-state index in [0.717, 1.165) is 45.4 Å². The summed E-state index contributed by atoms with van der Waals surface area (Å²) in [5, 5.41) is 6.79. The fourth-order valence-corrected chi connectivity index (χ4v) is 2.06. The number of nitrogens with one attached hydrogen (secondary N) is 2. The first kappa shape index (κ1) is 20.9. The molecule has 0 aromatic carbocycles. The SMILES string of the molecule is CCNC(=NCC(C)N1CCOCC1)NC(C)C(C)C.I. The number of guanidine groups is 1. The summed E-state index contributed by atoms with van der Waals surface area (Å²) in [4.78, 5) is 7.17. The third-order valence-corrected chi connectivity index (χ3v) is 3.89. The van der Waals surface area contributed by atoms with E-state index in [4.69, 9.17) is 9.73 Å². The lowest BCUT2D eigenvalue weighted by Crippen LogP contribution is -2.46. The molecular weight excluding hydrogens is 379 g/mol. The summed E-state index contributed by atoms with van der Waals surface area (Å²) in [5.74, 6) is 1.52. The van der Waals surface area contributed by atoms with E-state index >= 15 is 0 Å². The Hall–Kier alpha value is -0.0800. The van der Waals surface area contributed by atoms with Crippen molar-refractivity contribution >= 4 is 29.9 Å².